The first-order valence-electron chi connectivity index (χ1n) is 19.9. The molecule has 3 heterocycles. The number of para-hydroxylation sites is 1. The zero-order chi connectivity index (χ0) is 38.8. The fraction of sp³-hybridized carbons (Fsp3) is 0.0377. The predicted octanol–water partition coefficient (Wildman–Crippen LogP) is 12.1. The standard InChI is InChI=1S/C53H38N4Si/c1-58(2)49-20-12-10-18-44(49)45-31-27-41(34-50(45)58)36-25-29-42(30-26-36)57-47-19-11-9-17-43(47)46-33-40(28-32-48(46)57)35-21-23-39(24-22-35)53-55-51(37-13-5-3-6-14-37)54-52(56-53)38-15-7-4-8-16-38/h3-34H,1-2H3. The highest BCUT2D eigenvalue weighted by atomic mass is 28.3. The summed E-state index contributed by atoms with van der Waals surface area (Å²) in [4.78, 5) is 14.7. The van der Waals surface area contributed by atoms with Crippen LogP contribution in [0.15, 0.2) is 194 Å². The molecule has 10 aromatic rings. The van der Waals surface area contributed by atoms with Crippen LogP contribution in [-0.4, -0.2) is 27.6 Å². The Hall–Kier alpha value is -7.21. The Morgan fingerprint density at radius 2 is 0.810 bits per heavy atom. The summed E-state index contributed by atoms with van der Waals surface area (Å²) in [6.07, 6.45) is 0. The molecule has 0 bridgehead atoms. The van der Waals surface area contributed by atoms with Crippen molar-refractivity contribution in [3.05, 3.63) is 194 Å². The summed E-state index contributed by atoms with van der Waals surface area (Å²) in [5, 5.41) is 5.53. The Labute approximate surface area is 338 Å². The zero-order valence-electron chi connectivity index (χ0n) is 32.3. The lowest BCUT2D eigenvalue weighted by molar-refractivity contribution is 1.07. The number of fused-ring (bicyclic) bond motifs is 6. The van der Waals surface area contributed by atoms with Gasteiger partial charge in [0, 0.05) is 33.2 Å². The van der Waals surface area contributed by atoms with Gasteiger partial charge in [0.25, 0.3) is 0 Å². The molecule has 1 aliphatic rings. The van der Waals surface area contributed by atoms with Crippen molar-refractivity contribution in [2.75, 3.05) is 0 Å². The van der Waals surface area contributed by atoms with Crippen molar-refractivity contribution in [2.24, 2.45) is 0 Å². The molecule has 5 heteroatoms. The fourth-order valence-corrected chi connectivity index (χ4v) is 12.0. The molecule has 0 N–H and O–H groups in total. The molecule has 0 spiro atoms. The lowest BCUT2D eigenvalue weighted by Gasteiger charge is -2.19. The topological polar surface area (TPSA) is 43.6 Å². The Morgan fingerprint density at radius 1 is 0.345 bits per heavy atom. The monoisotopic (exact) mass is 758 g/mol. The van der Waals surface area contributed by atoms with Crippen LogP contribution in [0.1, 0.15) is 0 Å². The second-order valence-corrected chi connectivity index (χ2v) is 20.0. The molecule has 4 nitrogen and oxygen atoms in total. The van der Waals surface area contributed by atoms with Crippen LogP contribution in [0, 0.1) is 0 Å². The van der Waals surface area contributed by atoms with Crippen molar-refractivity contribution >= 4 is 40.3 Å². The van der Waals surface area contributed by atoms with Gasteiger partial charge >= 0.3 is 0 Å². The normalized spacial score (nSPS) is 12.8. The second-order valence-electron chi connectivity index (χ2n) is 15.7. The predicted molar refractivity (Wildman–Crippen MR) is 244 cm³/mol. The molecular weight excluding hydrogens is 721 g/mol. The van der Waals surface area contributed by atoms with E-state index in [9.17, 15) is 0 Å². The second kappa shape index (κ2) is 13.5. The molecule has 0 aliphatic carbocycles. The third-order valence-corrected chi connectivity index (χ3v) is 15.4. The summed E-state index contributed by atoms with van der Waals surface area (Å²) in [5.41, 5.74) is 14.0. The third kappa shape index (κ3) is 5.62. The van der Waals surface area contributed by atoms with E-state index in [-0.39, 0.29) is 0 Å². The first kappa shape index (κ1) is 34.1. The molecule has 0 radical (unpaired) electrons. The van der Waals surface area contributed by atoms with Gasteiger partial charge in [-0.05, 0) is 74.1 Å². The van der Waals surface area contributed by atoms with Gasteiger partial charge in [0.2, 0.25) is 0 Å². The molecule has 0 fully saturated rings. The van der Waals surface area contributed by atoms with E-state index in [1.165, 1.54) is 49.2 Å². The van der Waals surface area contributed by atoms with Crippen molar-refractivity contribution in [1.29, 1.82) is 0 Å². The van der Waals surface area contributed by atoms with Gasteiger partial charge in [0.05, 0.1) is 11.0 Å². The van der Waals surface area contributed by atoms with Gasteiger partial charge < -0.3 is 4.57 Å². The number of benzene rings is 8. The van der Waals surface area contributed by atoms with Crippen LogP contribution in [-0.2, 0) is 0 Å². The lowest BCUT2D eigenvalue weighted by Crippen LogP contribution is -2.49. The van der Waals surface area contributed by atoms with Crippen LogP contribution >= 0.6 is 0 Å². The van der Waals surface area contributed by atoms with Crippen molar-refractivity contribution in [3.8, 4) is 73.2 Å². The lowest BCUT2D eigenvalue weighted by atomic mass is 10.00. The van der Waals surface area contributed by atoms with Crippen molar-refractivity contribution in [2.45, 2.75) is 13.1 Å². The molecule has 11 rings (SSSR count). The van der Waals surface area contributed by atoms with Gasteiger partial charge in [0.1, 0.15) is 8.07 Å². The highest BCUT2D eigenvalue weighted by molar-refractivity contribution is 7.03. The Morgan fingerprint density at radius 3 is 1.48 bits per heavy atom. The summed E-state index contributed by atoms with van der Waals surface area (Å²) in [6.45, 7) is 4.96. The van der Waals surface area contributed by atoms with E-state index in [4.69, 9.17) is 15.0 Å². The highest BCUT2D eigenvalue weighted by Gasteiger charge is 2.37. The number of hydrogen-bond donors (Lipinski definition) is 0. The molecule has 0 amide bonds. The maximum absolute atomic E-state index is 4.93. The van der Waals surface area contributed by atoms with Crippen LogP contribution in [0.2, 0.25) is 13.1 Å². The average Bonchev–Trinajstić information content (AvgIpc) is 3.74. The number of hydrogen-bond acceptors (Lipinski definition) is 3. The smallest absolute Gasteiger partial charge is 0.164 e. The number of rotatable bonds is 6. The molecular formula is C53H38N4Si. The van der Waals surface area contributed by atoms with Gasteiger partial charge in [-0.1, -0.05) is 177 Å². The minimum atomic E-state index is -1.75. The van der Waals surface area contributed by atoms with Crippen LogP contribution in [0.3, 0.4) is 0 Å². The third-order valence-electron chi connectivity index (χ3n) is 11.9. The minimum Gasteiger partial charge on any atom is -0.309 e. The SMILES string of the molecule is C[Si]1(C)c2ccccc2-c2ccc(-c3ccc(-n4c5ccccc5c5cc(-c6ccc(-c7nc(-c8ccccc8)nc(-c8ccccc8)n7)cc6)ccc54)cc3)cc21. The first-order chi connectivity index (χ1) is 28.5. The Bertz CT molecular complexity index is 3110. The minimum absolute atomic E-state index is 0.649. The fourth-order valence-electron chi connectivity index (χ4n) is 8.87. The molecule has 0 saturated heterocycles. The molecule has 2 aromatic heterocycles. The van der Waals surface area contributed by atoms with Crippen LogP contribution in [0.25, 0.3) is 95.0 Å². The van der Waals surface area contributed by atoms with Crippen LogP contribution < -0.4 is 10.4 Å². The first-order valence-corrected chi connectivity index (χ1v) is 22.9. The maximum Gasteiger partial charge on any atom is 0.164 e. The van der Waals surface area contributed by atoms with Crippen molar-refractivity contribution < 1.29 is 0 Å². The van der Waals surface area contributed by atoms with Crippen molar-refractivity contribution in [3.63, 3.8) is 0 Å². The highest BCUT2D eigenvalue weighted by Crippen LogP contribution is 2.37. The summed E-state index contributed by atoms with van der Waals surface area (Å²) in [7, 11) is -1.75. The zero-order valence-corrected chi connectivity index (χ0v) is 33.3. The molecule has 58 heavy (non-hydrogen) atoms. The van der Waals surface area contributed by atoms with E-state index in [2.05, 4.69) is 151 Å². The van der Waals surface area contributed by atoms with Gasteiger partial charge in [-0.15, -0.1) is 0 Å². The van der Waals surface area contributed by atoms with E-state index in [0.29, 0.717) is 17.5 Å². The maximum atomic E-state index is 4.93. The van der Waals surface area contributed by atoms with E-state index < -0.39 is 8.07 Å². The summed E-state index contributed by atoms with van der Waals surface area (Å²) in [5.74, 6) is 1.96. The van der Waals surface area contributed by atoms with Crippen LogP contribution in [0.4, 0.5) is 0 Å². The average molecular weight is 759 g/mol. The largest absolute Gasteiger partial charge is 0.309 e. The molecule has 274 valence electrons. The van der Waals surface area contributed by atoms with Gasteiger partial charge in [-0.2, -0.15) is 0 Å². The van der Waals surface area contributed by atoms with Gasteiger partial charge in [-0.25, -0.2) is 15.0 Å². The van der Waals surface area contributed by atoms with Crippen molar-refractivity contribution in [1.82, 2.24) is 19.5 Å². The van der Waals surface area contributed by atoms with E-state index in [0.717, 1.165) is 33.5 Å². The summed E-state index contributed by atoms with van der Waals surface area (Å²) >= 11 is 0. The van der Waals surface area contributed by atoms with Gasteiger partial charge in [-0.3, -0.25) is 0 Å². The Balaban J connectivity index is 0.931. The number of nitrogens with zero attached hydrogens (tertiary/aromatic N) is 4. The number of aromatic nitrogens is 4. The van der Waals surface area contributed by atoms with Crippen LogP contribution in [0.5, 0.6) is 0 Å². The quantitative estimate of drug-likeness (QED) is 0.159. The summed E-state index contributed by atoms with van der Waals surface area (Å²) in [6, 6.07) is 69.5. The molecule has 0 atom stereocenters. The van der Waals surface area contributed by atoms with E-state index >= 15 is 0 Å². The van der Waals surface area contributed by atoms with Gasteiger partial charge in [0.15, 0.2) is 17.5 Å². The Kier molecular flexibility index (Phi) is 7.91. The van der Waals surface area contributed by atoms with E-state index in [1.54, 1.807) is 5.19 Å². The molecule has 1 aliphatic heterocycles. The van der Waals surface area contributed by atoms with E-state index in [1.807, 2.05) is 60.7 Å². The summed E-state index contributed by atoms with van der Waals surface area (Å²) < 4.78 is 2.39. The molecule has 8 aromatic carbocycles. The molecule has 0 saturated carbocycles. The molecule has 0 unspecified atom stereocenters.